The minimum absolute atomic E-state index is 0.166. The number of carbonyl (C=O) groups is 3. The molecule has 7 rings (SSSR count). The fraction of sp³-hybridized carbons (Fsp3) is 0.250. The van der Waals surface area contributed by atoms with Gasteiger partial charge in [0.25, 0.3) is 0 Å². The number of nitrogens with zero attached hydrogens (tertiary/aromatic N) is 1. The van der Waals surface area contributed by atoms with E-state index in [9.17, 15) is 14.4 Å². The van der Waals surface area contributed by atoms with E-state index in [2.05, 4.69) is 31.2 Å². The van der Waals surface area contributed by atoms with E-state index in [-0.39, 0.29) is 17.7 Å². The molecular weight excluding hydrogens is 414 g/mol. The maximum atomic E-state index is 14.1. The van der Waals surface area contributed by atoms with Gasteiger partial charge in [-0.1, -0.05) is 61.5 Å². The van der Waals surface area contributed by atoms with E-state index in [1.54, 1.807) is 24.3 Å². The Morgan fingerprint density at radius 3 is 2.15 bits per heavy atom. The minimum atomic E-state index is -0.561. The quantitative estimate of drug-likeness (QED) is 0.449. The molecule has 2 atom stereocenters. The molecule has 1 fully saturated rings. The Kier molecular flexibility index (Phi) is 4.15. The fourth-order valence-electron chi connectivity index (χ4n) is 6.67. The number of anilines is 1. The van der Waals surface area contributed by atoms with Gasteiger partial charge in [0, 0.05) is 11.3 Å². The van der Waals surface area contributed by atoms with E-state index in [1.165, 1.54) is 12.0 Å². The molecule has 3 aliphatic carbocycles. The third-order valence-corrected chi connectivity index (χ3v) is 7.88. The lowest BCUT2D eigenvalue weighted by molar-refractivity contribution is -0.123. The molecule has 5 heteroatoms. The Morgan fingerprint density at radius 2 is 1.55 bits per heavy atom. The van der Waals surface area contributed by atoms with Gasteiger partial charge in [-0.15, -0.1) is 0 Å². The van der Waals surface area contributed by atoms with E-state index < -0.39 is 23.2 Å². The van der Waals surface area contributed by atoms with Crippen molar-refractivity contribution < 1.29 is 19.1 Å². The molecule has 0 saturated carbocycles. The Morgan fingerprint density at radius 1 is 0.909 bits per heavy atom. The van der Waals surface area contributed by atoms with Crippen LogP contribution in [0.5, 0.6) is 0 Å². The van der Waals surface area contributed by atoms with Gasteiger partial charge in [-0.2, -0.15) is 0 Å². The van der Waals surface area contributed by atoms with Crippen LogP contribution in [0.4, 0.5) is 5.69 Å². The first kappa shape index (κ1) is 19.9. The molecule has 3 aromatic carbocycles. The predicted molar refractivity (Wildman–Crippen MR) is 123 cm³/mol. The zero-order valence-electron chi connectivity index (χ0n) is 18.4. The molecule has 33 heavy (non-hydrogen) atoms. The summed E-state index contributed by atoms with van der Waals surface area (Å²) < 4.78 is 4.84. The average Bonchev–Trinajstić information content (AvgIpc) is 3.14. The summed E-state index contributed by atoms with van der Waals surface area (Å²) in [5.41, 5.74) is 4.77. The summed E-state index contributed by atoms with van der Waals surface area (Å²) in [4.78, 5) is 41.4. The number of methoxy groups -OCH3 is 1. The smallest absolute Gasteiger partial charge is 0.337 e. The topological polar surface area (TPSA) is 63.7 Å². The second kappa shape index (κ2) is 6.88. The number of hydrogen-bond donors (Lipinski definition) is 0. The van der Waals surface area contributed by atoms with Crippen LogP contribution < -0.4 is 4.90 Å². The summed E-state index contributed by atoms with van der Waals surface area (Å²) in [5, 5.41) is 0. The van der Waals surface area contributed by atoms with Crippen molar-refractivity contribution in [2.24, 2.45) is 11.8 Å². The normalized spacial score (nSPS) is 26.6. The Labute approximate surface area is 192 Å². The summed E-state index contributed by atoms with van der Waals surface area (Å²) in [7, 11) is 1.31. The molecule has 5 nitrogen and oxygen atoms in total. The summed E-state index contributed by atoms with van der Waals surface area (Å²) in [5.74, 6) is -2.00. The van der Waals surface area contributed by atoms with Crippen LogP contribution >= 0.6 is 0 Å². The number of imide groups is 1. The molecule has 0 unspecified atom stereocenters. The lowest BCUT2D eigenvalue weighted by Gasteiger charge is -2.54. The summed E-state index contributed by atoms with van der Waals surface area (Å²) in [6.45, 7) is 2.11. The van der Waals surface area contributed by atoms with Crippen molar-refractivity contribution in [1.82, 2.24) is 0 Å². The van der Waals surface area contributed by atoms with Crippen LogP contribution in [0.25, 0.3) is 0 Å². The number of rotatable bonds is 3. The first-order valence-electron chi connectivity index (χ1n) is 11.3. The maximum Gasteiger partial charge on any atom is 0.337 e. The van der Waals surface area contributed by atoms with Crippen LogP contribution in [0.3, 0.4) is 0 Å². The van der Waals surface area contributed by atoms with Gasteiger partial charge in [0.2, 0.25) is 11.8 Å². The zero-order valence-corrected chi connectivity index (χ0v) is 18.4. The average molecular weight is 437 g/mol. The van der Waals surface area contributed by atoms with Crippen molar-refractivity contribution in [2.45, 2.75) is 24.7 Å². The van der Waals surface area contributed by atoms with Gasteiger partial charge in [0.15, 0.2) is 0 Å². The molecule has 1 saturated heterocycles. The van der Waals surface area contributed by atoms with E-state index in [1.807, 2.05) is 24.3 Å². The molecule has 0 spiro atoms. The molecule has 1 aliphatic heterocycles. The second-order valence-electron chi connectivity index (χ2n) is 9.03. The second-order valence-corrected chi connectivity index (χ2v) is 9.03. The zero-order chi connectivity index (χ0) is 22.9. The molecule has 4 aliphatic rings. The summed E-state index contributed by atoms with van der Waals surface area (Å²) in [6.07, 6.45) is 0.712. The Balaban J connectivity index is 1.58. The van der Waals surface area contributed by atoms with Crippen LogP contribution in [0.15, 0.2) is 72.8 Å². The lowest BCUT2D eigenvalue weighted by atomic mass is 9.46. The molecule has 0 aromatic heterocycles. The van der Waals surface area contributed by atoms with E-state index in [0.717, 1.165) is 22.3 Å². The molecule has 0 radical (unpaired) electrons. The van der Waals surface area contributed by atoms with Crippen molar-refractivity contribution >= 4 is 23.5 Å². The van der Waals surface area contributed by atoms with Crippen LogP contribution in [-0.4, -0.2) is 24.9 Å². The predicted octanol–water partition coefficient (Wildman–Crippen LogP) is 4.43. The van der Waals surface area contributed by atoms with E-state index >= 15 is 0 Å². The molecule has 2 bridgehead atoms. The number of esters is 1. The Hall–Kier alpha value is -3.73. The van der Waals surface area contributed by atoms with Gasteiger partial charge in [0.05, 0.1) is 30.2 Å². The first-order valence-corrected chi connectivity index (χ1v) is 11.3. The van der Waals surface area contributed by atoms with Crippen LogP contribution in [0, 0.1) is 11.8 Å². The standard InChI is InChI=1S/C28H23NO4/c1-3-28-20-13-6-4-11-18(20)22(19-12-5-7-14-21(19)28)23-24(28)26(31)29(25(23)30)17-10-8-9-16(15-17)27(32)33-2/h4-15,22-24H,3H2,1-2H3/t22?,23-,24-,28?/m0/s1. The Bertz CT molecular complexity index is 1300. The third-order valence-electron chi connectivity index (χ3n) is 7.88. The molecule has 3 aromatic rings. The number of hydrogen-bond acceptors (Lipinski definition) is 4. The third kappa shape index (κ3) is 2.34. The molecule has 164 valence electrons. The first-order chi connectivity index (χ1) is 16.0. The van der Waals surface area contributed by atoms with Gasteiger partial charge < -0.3 is 4.74 Å². The van der Waals surface area contributed by atoms with Gasteiger partial charge in [-0.25, -0.2) is 9.69 Å². The van der Waals surface area contributed by atoms with E-state index in [4.69, 9.17) is 4.74 Å². The lowest BCUT2D eigenvalue weighted by Crippen LogP contribution is -2.53. The van der Waals surface area contributed by atoms with Crippen LogP contribution in [0.2, 0.25) is 0 Å². The highest BCUT2D eigenvalue weighted by Crippen LogP contribution is 2.65. The SMILES string of the molecule is CCC12c3ccccc3C(c3ccccc31)[C@@H]1C(=O)N(c3cccc(C(=O)OC)c3)C(=O)[C@H]12. The fourth-order valence-corrected chi connectivity index (χ4v) is 6.67. The van der Waals surface area contributed by atoms with Crippen molar-refractivity contribution in [3.63, 3.8) is 0 Å². The maximum absolute atomic E-state index is 14.1. The van der Waals surface area contributed by atoms with Gasteiger partial charge in [0.1, 0.15) is 0 Å². The highest BCUT2D eigenvalue weighted by atomic mass is 16.5. The molecule has 2 amide bonds. The van der Waals surface area contributed by atoms with Crippen molar-refractivity contribution in [2.75, 3.05) is 12.0 Å². The largest absolute Gasteiger partial charge is 0.465 e. The number of ether oxygens (including phenoxy) is 1. The number of amides is 2. The molecular formula is C28H23NO4. The van der Waals surface area contributed by atoms with Crippen LogP contribution in [-0.2, 0) is 19.7 Å². The van der Waals surface area contributed by atoms with Crippen molar-refractivity contribution in [3.05, 3.63) is 101 Å². The molecule has 0 N–H and O–H groups in total. The highest BCUT2D eigenvalue weighted by Gasteiger charge is 2.67. The van der Waals surface area contributed by atoms with E-state index in [0.29, 0.717) is 17.7 Å². The van der Waals surface area contributed by atoms with Gasteiger partial charge in [-0.05, 0) is 46.9 Å². The van der Waals surface area contributed by atoms with Crippen molar-refractivity contribution in [1.29, 1.82) is 0 Å². The minimum Gasteiger partial charge on any atom is -0.465 e. The summed E-state index contributed by atoms with van der Waals surface area (Å²) >= 11 is 0. The van der Waals surface area contributed by atoms with Gasteiger partial charge >= 0.3 is 5.97 Å². The van der Waals surface area contributed by atoms with Gasteiger partial charge in [-0.3, -0.25) is 9.59 Å². The van der Waals surface area contributed by atoms with Crippen molar-refractivity contribution in [3.8, 4) is 0 Å². The van der Waals surface area contributed by atoms with Crippen LogP contribution in [0.1, 0.15) is 51.9 Å². The number of carbonyl (C=O) groups excluding carboxylic acids is 3. The monoisotopic (exact) mass is 437 g/mol. The number of benzene rings is 3. The summed E-state index contributed by atoms with van der Waals surface area (Å²) in [6, 6.07) is 23.1. The highest BCUT2D eigenvalue weighted by molar-refractivity contribution is 6.24. The molecule has 1 heterocycles.